The van der Waals surface area contributed by atoms with Crippen LogP contribution in [0.15, 0.2) is 0 Å². The first-order valence-corrected chi connectivity index (χ1v) is 6.93. The minimum atomic E-state index is -0.195. The fourth-order valence-corrected chi connectivity index (χ4v) is 2.00. The normalized spacial score (nSPS) is 12.2. The Morgan fingerprint density at radius 2 is 1.81 bits per heavy atom. The summed E-state index contributed by atoms with van der Waals surface area (Å²) in [6, 6.07) is 0. The highest BCUT2D eigenvalue weighted by molar-refractivity contribution is 7.99. The summed E-state index contributed by atoms with van der Waals surface area (Å²) < 4.78 is 0. The Hall–Kier alpha value is -0.640. The van der Waals surface area contributed by atoms with Gasteiger partial charge in [0.05, 0.1) is 5.75 Å². The van der Waals surface area contributed by atoms with Gasteiger partial charge in [-0.3, -0.25) is 9.59 Å². The Morgan fingerprint density at radius 3 is 2.25 bits per heavy atom. The van der Waals surface area contributed by atoms with Gasteiger partial charge in [0.25, 0.3) is 0 Å². The average molecular weight is 244 g/mol. The largest absolute Gasteiger partial charge is 0.300 e. The van der Waals surface area contributed by atoms with Gasteiger partial charge in [-0.25, -0.2) is 0 Å². The highest BCUT2D eigenvalue weighted by Gasteiger charge is 2.18. The molecule has 0 radical (unpaired) electrons. The molecule has 0 heterocycles. The van der Waals surface area contributed by atoms with Gasteiger partial charge in [0.1, 0.15) is 17.3 Å². The Kier molecular flexibility index (Phi) is 8.16. The standard InChI is InChI=1S/C12H20O3S/c1-4-10(7-9(2)13)12(15)6-5-11(14)8-16-3/h10H,4-8H2,1-3H3. The van der Waals surface area contributed by atoms with Crippen LogP contribution in [0.3, 0.4) is 0 Å². The van der Waals surface area contributed by atoms with E-state index in [0.717, 1.165) is 0 Å². The number of carbonyl (C=O) groups is 3. The van der Waals surface area contributed by atoms with Crippen LogP contribution < -0.4 is 0 Å². The molecule has 0 aliphatic heterocycles. The molecule has 0 rings (SSSR count). The molecule has 0 saturated carbocycles. The molecular formula is C12H20O3S. The first-order valence-electron chi connectivity index (χ1n) is 5.54. The van der Waals surface area contributed by atoms with Crippen LogP contribution in [-0.2, 0) is 14.4 Å². The van der Waals surface area contributed by atoms with Gasteiger partial charge in [-0.2, -0.15) is 11.8 Å². The number of hydrogen-bond donors (Lipinski definition) is 0. The minimum absolute atomic E-state index is 0.0376. The highest BCUT2D eigenvalue weighted by atomic mass is 32.2. The Bertz CT molecular complexity index is 261. The van der Waals surface area contributed by atoms with Crippen molar-refractivity contribution in [2.75, 3.05) is 12.0 Å². The van der Waals surface area contributed by atoms with Gasteiger partial charge in [-0.15, -0.1) is 0 Å². The summed E-state index contributed by atoms with van der Waals surface area (Å²) in [4.78, 5) is 33.9. The maximum Gasteiger partial charge on any atom is 0.143 e. The third kappa shape index (κ3) is 6.77. The van der Waals surface area contributed by atoms with Crippen LogP contribution in [0.1, 0.15) is 39.5 Å². The van der Waals surface area contributed by atoms with Crippen molar-refractivity contribution in [2.24, 2.45) is 5.92 Å². The molecule has 4 heteroatoms. The van der Waals surface area contributed by atoms with Gasteiger partial charge in [0.15, 0.2) is 0 Å². The van der Waals surface area contributed by atoms with Gasteiger partial charge >= 0.3 is 0 Å². The smallest absolute Gasteiger partial charge is 0.143 e. The predicted molar refractivity (Wildman–Crippen MR) is 66.7 cm³/mol. The second kappa shape index (κ2) is 8.50. The lowest BCUT2D eigenvalue weighted by atomic mass is 9.92. The molecule has 0 amide bonds. The molecule has 3 nitrogen and oxygen atoms in total. The van der Waals surface area contributed by atoms with E-state index < -0.39 is 0 Å². The highest BCUT2D eigenvalue weighted by Crippen LogP contribution is 2.14. The third-order valence-electron chi connectivity index (χ3n) is 2.44. The van der Waals surface area contributed by atoms with E-state index in [1.807, 2.05) is 13.2 Å². The zero-order chi connectivity index (χ0) is 12.6. The van der Waals surface area contributed by atoms with Crippen LogP contribution >= 0.6 is 11.8 Å². The molecule has 0 saturated heterocycles. The van der Waals surface area contributed by atoms with E-state index in [4.69, 9.17) is 0 Å². The average Bonchev–Trinajstić information content (AvgIpc) is 2.22. The lowest BCUT2D eigenvalue weighted by molar-refractivity contribution is -0.128. The number of thioether (sulfide) groups is 1. The molecule has 0 fully saturated rings. The van der Waals surface area contributed by atoms with E-state index in [2.05, 4.69) is 0 Å². The number of Topliss-reactive ketones (excluding diaryl/α,β-unsaturated/α-hetero) is 3. The van der Waals surface area contributed by atoms with Gasteiger partial charge in [0.2, 0.25) is 0 Å². The molecule has 1 unspecified atom stereocenters. The van der Waals surface area contributed by atoms with Crippen molar-refractivity contribution >= 4 is 29.1 Å². The van der Waals surface area contributed by atoms with E-state index in [0.29, 0.717) is 25.0 Å². The summed E-state index contributed by atoms with van der Waals surface area (Å²) in [6.45, 7) is 3.39. The van der Waals surface area contributed by atoms with Crippen molar-refractivity contribution in [3.05, 3.63) is 0 Å². The second-order valence-electron chi connectivity index (χ2n) is 3.95. The van der Waals surface area contributed by atoms with Crippen LogP contribution in [-0.4, -0.2) is 29.4 Å². The fourth-order valence-electron chi connectivity index (χ4n) is 1.53. The maximum absolute atomic E-state index is 11.7. The molecule has 0 aromatic heterocycles. The van der Waals surface area contributed by atoms with Crippen LogP contribution in [0.2, 0.25) is 0 Å². The van der Waals surface area contributed by atoms with Crippen molar-refractivity contribution in [1.82, 2.24) is 0 Å². The van der Waals surface area contributed by atoms with E-state index in [1.54, 1.807) is 0 Å². The topological polar surface area (TPSA) is 51.2 Å². The summed E-state index contributed by atoms with van der Waals surface area (Å²) in [6.07, 6.45) is 3.45. The third-order valence-corrected chi connectivity index (χ3v) is 3.05. The first-order chi connectivity index (χ1) is 7.51. The Morgan fingerprint density at radius 1 is 1.19 bits per heavy atom. The van der Waals surface area contributed by atoms with Gasteiger partial charge < -0.3 is 4.79 Å². The monoisotopic (exact) mass is 244 g/mol. The minimum Gasteiger partial charge on any atom is -0.300 e. The van der Waals surface area contributed by atoms with E-state index in [1.165, 1.54) is 18.7 Å². The lowest BCUT2D eigenvalue weighted by Gasteiger charge is -2.11. The zero-order valence-electron chi connectivity index (χ0n) is 10.2. The summed E-state index contributed by atoms with van der Waals surface area (Å²) in [5.74, 6) is 0.470. The molecule has 92 valence electrons. The van der Waals surface area contributed by atoms with E-state index in [-0.39, 0.29) is 29.7 Å². The predicted octanol–water partition coefficient (Wildman–Crippen LogP) is 2.27. The van der Waals surface area contributed by atoms with E-state index in [9.17, 15) is 14.4 Å². The first kappa shape index (κ1) is 15.4. The molecule has 0 aliphatic carbocycles. The number of carbonyl (C=O) groups excluding carboxylic acids is 3. The summed E-state index contributed by atoms with van der Waals surface area (Å²) >= 11 is 1.47. The van der Waals surface area contributed by atoms with Crippen molar-refractivity contribution in [1.29, 1.82) is 0 Å². The van der Waals surface area contributed by atoms with Crippen LogP contribution in [0.4, 0.5) is 0 Å². The SMILES string of the molecule is CCC(CC(C)=O)C(=O)CCC(=O)CSC. The zero-order valence-corrected chi connectivity index (χ0v) is 11.1. The van der Waals surface area contributed by atoms with Gasteiger partial charge in [-0.05, 0) is 19.6 Å². The fraction of sp³-hybridized carbons (Fsp3) is 0.750. The molecule has 0 bridgehead atoms. The molecule has 0 spiro atoms. The second-order valence-corrected chi connectivity index (χ2v) is 4.82. The van der Waals surface area contributed by atoms with Crippen molar-refractivity contribution in [3.8, 4) is 0 Å². The molecule has 0 aromatic rings. The Labute approximate surface area is 101 Å². The summed E-state index contributed by atoms with van der Waals surface area (Å²) in [7, 11) is 0. The van der Waals surface area contributed by atoms with E-state index >= 15 is 0 Å². The van der Waals surface area contributed by atoms with Crippen LogP contribution in [0.5, 0.6) is 0 Å². The van der Waals surface area contributed by atoms with Crippen molar-refractivity contribution in [2.45, 2.75) is 39.5 Å². The maximum atomic E-state index is 11.7. The van der Waals surface area contributed by atoms with Crippen LogP contribution in [0, 0.1) is 5.92 Å². The summed E-state index contributed by atoms with van der Waals surface area (Å²) in [5, 5.41) is 0. The molecule has 0 aromatic carbocycles. The van der Waals surface area contributed by atoms with Crippen molar-refractivity contribution in [3.63, 3.8) is 0 Å². The van der Waals surface area contributed by atoms with Gasteiger partial charge in [-0.1, -0.05) is 6.92 Å². The molecular weight excluding hydrogens is 224 g/mol. The summed E-state index contributed by atoms with van der Waals surface area (Å²) in [5.41, 5.74) is 0. The Balaban J connectivity index is 4.02. The molecule has 1 atom stereocenters. The lowest BCUT2D eigenvalue weighted by Crippen LogP contribution is -2.18. The number of hydrogen-bond acceptors (Lipinski definition) is 4. The number of rotatable bonds is 9. The van der Waals surface area contributed by atoms with Crippen LogP contribution in [0.25, 0.3) is 0 Å². The van der Waals surface area contributed by atoms with Gasteiger partial charge in [0, 0.05) is 25.2 Å². The molecule has 16 heavy (non-hydrogen) atoms. The van der Waals surface area contributed by atoms with Crippen molar-refractivity contribution < 1.29 is 14.4 Å². The molecule has 0 aliphatic rings. The quantitative estimate of drug-likeness (QED) is 0.624. The number of ketones is 3. The molecule has 0 N–H and O–H groups in total.